The molecule has 2 aromatic rings. The molecule has 0 spiro atoms. The molecule has 0 aliphatic heterocycles. The molecule has 0 bridgehead atoms. The van der Waals surface area contributed by atoms with Gasteiger partial charge in [0.15, 0.2) is 0 Å². The number of nitrogens with two attached hydrogens (primary N) is 1. The smallest absolute Gasteiger partial charge is 0.255 e. The lowest BCUT2D eigenvalue weighted by Crippen LogP contribution is -2.11. The zero-order chi connectivity index (χ0) is 13.1. The van der Waals surface area contributed by atoms with Crippen LogP contribution in [0.3, 0.4) is 0 Å². The molecule has 0 unspecified atom stereocenters. The number of rotatable bonds is 2. The maximum atomic E-state index is 11.9. The molecular formula is C13H11ClN2O2. The van der Waals surface area contributed by atoms with Gasteiger partial charge in [-0.05, 0) is 42.5 Å². The van der Waals surface area contributed by atoms with Gasteiger partial charge >= 0.3 is 0 Å². The van der Waals surface area contributed by atoms with Crippen molar-refractivity contribution in [2.75, 3.05) is 11.1 Å². The molecule has 92 valence electrons. The topological polar surface area (TPSA) is 75.4 Å². The Morgan fingerprint density at radius 2 is 1.83 bits per heavy atom. The summed E-state index contributed by atoms with van der Waals surface area (Å²) in [6.07, 6.45) is 0. The van der Waals surface area contributed by atoms with E-state index in [4.69, 9.17) is 22.4 Å². The highest BCUT2D eigenvalue weighted by Crippen LogP contribution is 2.21. The van der Waals surface area contributed by atoms with Gasteiger partial charge in [-0.15, -0.1) is 0 Å². The van der Waals surface area contributed by atoms with Crippen LogP contribution in [0.15, 0.2) is 42.5 Å². The van der Waals surface area contributed by atoms with Crippen LogP contribution in [0.5, 0.6) is 5.75 Å². The van der Waals surface area contributed by atoms with Crippen LogP contribution in [0.4, 0.5) is 11.4 Å². The summed E-state index contributed by atoms with van der Waals surface area (Å²) >= 11 is 5.84. The zero-order valence-corrected chi connectivity index (χ0v) is 10.1. The van der Waals surface area contributed by atoms with Crippen LogP contribution in [-0.2, 0) is 0 Å². The van der Waals surface area contributed by atoms with Crippen LogP contribution in [0.1, 0.15) is 10.4 Å². The van der Waals surface area contributed by atoms with E-state index in [1.54, 1.807) is 24.3 Å². The van der Waals surface area contributed by atoms with E-state index in [1.165, 1.54) is 18.2 Å². The lowest BCUT2D eigenvalue weighted by Gasteiger charge is -2.06. The van der Waals surface area contributed by atoms with Gasteiger partial charge in [0, 0.05) is 11.3 Å². The van der Waals surface area contributed by atoms with Gasteiger partial charge in [-0.1, -0.05) is 11.6 Å². The summed E-state index contributed by atoms with van der Waals surface area (Å²) < 4.78 is 0. The Morgan fingerprint density at radius 3 is 2.44 bits per heavy atom. The van der Waals surface area contributed by atoms with Gasteiger partial charge in [-0.3, -0.25) is 4.79 Å². The molecule has 0 saturated carbocycles. The Balaban J connectivity index is 2.16. The summed E-state index contributed by atoms with van der Waals surface area (Å²) in [6.45, 7) is 0. The molecule has 0 saturated heterocycles. The largest absolute Gasteiger partial charge is 0.508 e. The first-order valence-corrected chi connectivity index (χ1v) is 5.59. The second kappa shape index (κ2) is 4.98. The number of carbonyl (C=O) groups excluding carboxylic acids is 1. The molecule has 0 aliphatic rings. The SMILES string of the molecule is Nc1ccc(C(=O)Nc2ccc(O)cc2)cc1Cl. The minimum atomic E-state index is -0.289. The van der Waals surface area contributed by atoms with E-state index in [2.05, 4.69) is 5.32 Å². The predicted molar refractivity (Wildman–Crippen MR) is 71.9 cm³/mol. The molecule has 1 amide bonds. The van der Waals surface area contributed by atoms with Gasteiger partial charge in [0.25, 0.3) is 5.91 Å². The minimum absolute atomic E-state index is 0.142. The minimum Gasteiger partial charge on any atom is -0.508 e. The van der Waals surface area contributed by atoms with Gasteiger partial charge < -0.3 is 16.2 Å². The Morgan fingerprint density at radius 1 is 1.17 bits per heavy atom. The summed E-state index contributed by atoms with van der Waals surface area (Å²) in [4.78, 5) is 11.9. The zero-order valence-electron chi connectivity index (χ0n) is 9.35. The van der Waals surface area contributed by atoms with Crippen LogP contribution >= 0.6 is 11.6 Å². The first-order valence-electron chi connectivity index (χ1n) is 5.21. The van der Waals surface area contributed by atoms with Crippen molar-refractivity contribution in [3.8, 4) is 5.75 Å². The van der Waals surface area contributed by atoms with E-state index < -0.39 is 0 Å². The number of aromatic hydroxyl groups is 1. The fourth-order valence-corrected chi connectivity index (χ4v) is 1.60. The Labute approximate surface area is 109 Å². The van der Waals surface area contributed by atoms with E-state index in [1.807, 2.05) is 0 Å². The monoisotopic (exact) mass is 262 g/mol. The lowest BCUT2D eigenvalue weighted by atomic mass is 10.2. The highest BCUT2D eigenvalue weighted by molar-refractivity contribution is 6.33. The molecule has 0 aromatic heterocycles. The number of benzene rings is 2. The van der Waals surface area contributed by atoms with Crippen molar-refractivity contribution in [2.45, 2.75) is 0 Å². The molecule has 2 aromatic carbocycles. The Kier molecular flexibility index (Phi) is 3.39. The molecule has 4 N–H and O–H groups in total. The van der Waals surface area contributed by atoms with Crippen LogP contribution in [0.2, 0.25) is 5.02 Å². The average Bonchev–Trinajstić information content (AvgIpc) is 2.35. The van der Waals surface area contributed by atoms with Gasteiger partial charge in [0.05, 0.1) is 10.7 Å². The summed E-state index contributed by atoms with van der Waals surface area (Å²) in [7, 11) is 0. The van der Waals surface area contributed by atoms with E-state index in [0.29, 0.717) is 22.0 Å². The molecule has 18 heavy (non-hydrogen) atoms. The maximum absolute atomic E-state index is 11.9. The number of halogens is 1. The molecule has 0 fully saturated rings. The number of phenols is 1. The molecule has 0 heterocycles. The molecule has 0 atom stereocenters. The fraction of sp³-hybridized carbons (Fsp3) is 0. The van der Waals surface area contributed by atoms with Crippen molar-refractivity contribution in [3.05, 3.63) is 53.1 Å². The van der Waals surface area contributed by atoms with E-state index in [-0.39, 0.29) is 11.7 Å². The third-order valence-electron chi connectivity index (χ3n) is 2.39. The first kappa shape index (κ1) is 12.3. The Bertz CT molecular complexity index is 582. The third-order valence-corrected chi connectivity index (χ3v) is 2.72. The van der Waals surface area contributed by atoms with Crippen molar-refractivity contribution in [3.63, 3.8) is 0 Å². The highest BCUT2D eigenvalue weighted by atomic mass is 35.5. The van der Waals surface area contributed by atoms with E-state index in [9.17, 15) is 4.79 Å². The van der Waals surface area contributed by atoms with E-state index >= 15 is 0 Å². The lowest BCUT2D eigenvalue weighted by molar-refractivity contribution is 0.102. The van der Waals surface area contributed by atoms with Gasteiger partial charge in [-0.25, -0.2) is 0 Å². The van der Waals surface area contributed by atoms with Crippen molar-refractivity contribution >= 4 is 28.9 Å². The third kappa shape index (κ3) is 2.73. The average molecular weight is 263 g/mol. The molecule has 0 radical (unpaired) electrons. The molecular weight excluding hydrogens is 252 g/mol. The maximum Gasteiger partial charge on any atom is 0.255 e. The number of phenolic OH excluding ortho intramolecular Hbond substituents is 1. The number of amides is 1. The van der Waals surface area contributed by atoms with Crippen molar-refractivity contribution < 1.29 is 9.90 Å². The summed E-state index contributed by atoms with van der Waals surface area (Å²) in [5, 5.41) is 12.2. The quantitative estimate of drug-likeness (QED) is 0.575. The first-order chi connectivity index (χ1) is 8.56. The van der Waals surface area contributed by atoms with Crippen molar-refractivity contribution in [1.82, 2.24) is 0 Å². The molecule has 2 rings (SSSR count). The van der Waals surface area contributed by atoms with Gasteiger partial charge in [0.1, 0.15) is 5.75 Å². The normalized spacial score (nSPS) is 10.1. The van der Waals surface area contributed by atoms with E-state index in [0.717, 1.165) is 0 Å². The number of nitrogen functional groups attached to an aromatic ring is 1. The summed E-state index contributed by atoms with van der Waals surface area (Å²) in [5.41, 5.74) is 7.00. The van der Waals surface area contributed by atoms with Crippen LogP contribution < -0.4 is 11.1 Å². The molecule has 5 heteroatoms. The van der Waals surface area contributed by atoms with Crippen molar-refractivity contribution in [2.24, 2.45) is 0 Å². The molecule has 0 aliphatic carbocycles. The number of carbonyl (C=O) groups is 1. The van der Waals surface area contributed by atoms with Gasteiger partial charge in [-0.2, -0.15) is 0 Å². The van der Waals surface area contributed by atoms with Crippen LogP contribution in [0, 0.1) is 0 Å². The Hall–Kier alpha value is -2.20. The highest BCUT2D eigenvalue weighted by Gasteiger charge is 2.07. The number of anilines is 2. The second-order valence-corrected chi connectivity index (χ2v) is 4.14. The number of nitrogens with one attached hydrogen (secondary N) is 1. The molecule has 4 nitrogen and oxygen atoms in total. The standard InChI is InChI=1S/C13H11ClN2O2/c14-11-7-8(1-6-12(11)15)13(18)16-9-2-4-10(17)5-3-9/h1-7,17H,15H2,(H,16,18). The predicted octanol–water partition coefficient (Wildman–Crippen LogP) is 2.88. The number of hydrogen-bond acceptors (Lipinski definition) is 3. The second-order valence-electron chi connectivity index (χ2n) is 3.74. The van der Waals surface area contributed by atoms with Crippen LogP contribution in [0.25, 0.3) is 0 Å². The van der Waals surface area contributed by atoms with Crippen molar-refractivity contribution in [1.29, 1.82) is 0 Å². The fourth-order valence-electron chi connectivity index (χ4n) is 1.42. The van der Waals surface area contributed by atoms with Gasteiger partial charge in [0.2, 0.25) is 0 Å². The summed E-state index contributed by atoms with van der Waals surface area (Å²) in [6, 6.07) is 10.9. The number of hydrogen-bond donors (Lipinski definition) is 3. The van der Waals surface area contributed by atoms with Crippen LogP contribution in [-0.4, -0.2) is 11.0 Å². The summed E-state index contributed by atoms with van der Waals surface area (Å²) in [5.74, 6) is -0.147.